The fourth-order valence-electron chi connectivity index (χ4n) is 1.54. The number of amides is 1. The van der Waals surface area contributed by atoms with Crippen LogP contribution in [0.25, 0.3) is 0 Å². The highest BCUT2D eigenvalue weighted by Crippen LogP contribution is 2.13. The lowest BCUT2D eigenvalue weighted by atomic mass is 10.1. The first kappa shape index (κ1) is 14.5. The molecule has 0 aromatic heterocycles. The quantitative estimate of drug-likeness (QED) is 0.777. The third kappa shape index (κ3) is 4.37. The molecule has 4 nitrogen and oxygen atoms in total. The summed E-state index contributed by atoms with van der Waals surface area (Å²) in [7, 11) is 0. The molecule has 18 heavy (non-hydrogen) atoms. The zero-order valence-electron chi connectivity index (χ0n) is 11.1. The molecule has 1 rings (SSSR count). The van der Waals surface area contributed by atoms with Crippen molar-refractivity contribution in [2.75, 3.05) is 13.2 Å². The molecule has 1 aromatic rings. The van der Waals surface area contributed by atoms with Gasteiger partial charge in [0.1, 0.15) is 5.75 Å². The Morgan fingerprint density at radius 1 is 1.44 bits per heavy atom. The van der Waals surface area contributed by atoms with Gasteiger partial charge in [0.25, 0.3) is 5.91 Å². The Balaban J connectivity index is 2.67. The van der Waals surface area contributed by atoms with Crippen LogP contribution in [0.3, 0.4) is 0 Å². The zero-order chi connectivity index (χ0) is 13.4. The Morgan fingerprint density at radius 3 is 2.83 bits per heavy atom. The van der Waals surface area contributed by atoms with Gasteiger partial charge in [-0.3, -0.25) is 4.79 Å². The third-order valence-electron chi connectivity index (χ3n) is 2.68. The lowest BCUT2D eigenvalue weighted by Crippen LogP contribution is -2.39. The monoisotopic (exact) mass is 250 g/mol. The maximum absolute atomic E-state index is 12.0. The van der Waals surface area contributed by atoms with Gasteiger partial charge in [-0.2, -0.15) is 0 Å². The minimum absolute atomic E-state index is 0.0257. The van der Waals surface area contributed by atoms with Crippen LogP contribution in [0.5, 0.6) is 5.75 Å². The predicted octanol–water partition coefficient (Wildman–Crippen LogP) is 1.94. The minimum Gasteiger partial charge on any atom is -0.494 e. The van der Waals surface area contributed by atoms with Crippen molar-refractivity contribution in [3.63, 3.8) is 0 Å². The van der Waals surface area contributed by atoms with Gasteiger partial charge in [0.05, 0.1) is 6.61 Å². The Morgan fingerprint density at radius 2 is 2.22 bits per heavy atom. The highest BCUT2D eigenvalue weighted by molar-refractivity contribution is 5.94. The predicted molar refractivity (Wildman–Crippen MR) is 72.8 cm³/mol. The van der Waals surface area contributed by atoms with E-state index in [2.05, 4.69) is 5.32 Å². The van der Waals surface area contributed by atoms with Crippen molar-refractivity contribution in [1.29, 1.82) is 0 Å². The number of carbonyl (C=O) groups excluding carboxylic acids is 1. The van der Waals surface area contributed by atoms with Crippen LogP contribution in [-0.2, 0) is 0 Å². The van der Waals surface area contributed by atoms with Gasteiger partial charge in [0.2, 0.25) is 0 Å². The summed E-state index contributed by atoms with van der Waals surface area (Å²) in [5.74, 6) is 0.625. The number of rotatable bonds is 7. The summed E-state index contributed by atoms with van der Waals surface area (Å²) >= 11 is 0. The van der Waals surface area contributed by atoms with Crippen LogP contribution < -0.4 is 15.8 Å². The number of hydrogen-bond acceptors (Lipinski definition) is 3. The molecule has 0 saturated carbocycles. The minimum atomic E-state index is -0.103. The Hall–Kier alpha value is -1.55. The van der Waals surface area contributed by atoms with E-state index in [4.69, 9.17) is 10.5 Å². The molecule has 0 radical (unpaired) electrons. The maximum atomic E-state index is 12.0. The van der Waals surface area contributed by atoms with Crippen molar-refractivity contribution in [3.8, 4) is 5.75 Å². The van der Waals surface area contributed by atoms with Gasteiger partial charge in [-0.25, -0.2) is 0 Å². The van der Waals surface area contributed by atoms with Crippen LogP contribution >= 0.6 is 0 Å². The average molecular weight is 250 g/mol. The topological polar surface area (TPSA) is 64.3 Å². The van der Waals surface area contributed by atoms with Crippen molar-refractivity contribution in [2.24, 2.45) is 5.73 Å². The number of hydrogen-bond donors (Lipinski definition) is 2. The summed E-state index contributed by atoms with van der Waals surface area (Å²) < 4.78 is 5.50. The molecule has 100 valence electrons. The van der Waals surface area contributed by atoms with Gasteiger partial charge in [-0.1, -0.05) is 19.9 Å². The summed E-state index contributed by atoms with van der Waals surface area (Å²) in [6.07, 6.45) is 1.77. The molecule has 0 spiro atoms. The third-order valence-corrected chi connectivity index (χ3v) is 2.68. The second kappa shape index (κ2) is 7.71. The van der Waals surface area contributed by atoms with E-state index in [1.54, 1.807) is 12.1 Å². The van der Waals surface area contributed by atoms with Gasteiger partial charge in [0, 0.05) is 18.2 Å². The summed E-state index contributed by atoms with van der Waals surface area (Å²) in [5, 5.41) is 2.90. The van der Waals surface area contributed by atoms with E-state index in [9.17, 15) is 4.79 Å². The zero-order valence-corrected chi connectivity index (χ0v) is 11.1. The molecule has 0 fully saturated rings. The number of nitrogens with two attached hydrogens (primary N) is 1. The second-order valence-electron chi connectivity index (χ2n) is 4.19. The van der Waals surface area contributed by atoms with E-state index in [0.29, 0.717) is 18.7 Å². The average Bonchev–Trinajstić information content (AvgIpc) is 2.42. The molecule has 1 atom stereocenters. The highest BCUT2D eigenvalue weighted by Gasteiger charge is 2.11. The van der Waals surface area contributed by atoms with E-state index in [1.807, 2.05) is 26.0 Å². The smallest absolute Gasteiger partial charge is 0.251 e. The molecular formula is C14H22N2O2. The van der Waals surface area contributed by atoms with Crippen molar-refractivity contribution in [1.82, 2.24) is 5.32 Å². The maximum Gasteiger partial charge on any atom is 0.251 e. The number of carbonyl (C=O) groups is 1. The fraction of sp³-hybridized carbons (Fsp3) is 0.500. The summed E-state index contributed by atoms with van der Waals surface area (Å²) in [6, 6.07) is 7.24. The van der Waals surface area contributed by atoms with Crippen molar-refractivity contribution >= 4 is 5.91 Å². The molecule has 0 heterocycles. The molecule has 0 aliphatic rings. The lowest BCUT2D eigenvalue weighted by molar-refractivity contribution is 0.0936. The first-order valence-corrected chi connectivity index (χ1v) is 6.45. The Labute approximate surface area is 109 Å². The summed E-state index contributed by atoms with van der Waals surface area (Å²) in [6.45, 7) is 5.15. The first-order valence-electron chi connectivity index (χ1n) is 6.45. The number of nitrogens with one attached hydrogen (secondary N) is 1. The van der Waals surface area contributed by atoms with Gasteiger partial charge >= 0.3 is 0 Å². The fourth-order valence-corrected chi connectivity index (χ4v) is 1.54. The first-order chi connectivity index (χ1) is 8.71. The molecule has 4 heteroatoms. The van der Waals surface area contributed by atoms with E-state index >= 15 is 0 Å². The van der Waals surface area contributed by atoms with Gasteiger partial charge in [-0.15, -0.1) is 0 Å². The number of ether oxygens (including phenoxy) is 1. The second-order valence-corrected chi connectivity index (χ2v) is 4.19. The van der Waals surface area contributed by atoms with Crippen LogP contribution in [0, 0.1) is 0 Å². The van der Waals surface area contributed by atoms with Crippen molar-refractivity contribution < 1.29 is 9.53 Å². The molecule has 3 N–H and O–H groups in total. The van der Waals surface area contributed by atoms with Gasteiger partial charge < -0.3 is 15.8 Å². The molecule has 0 bridgehead atoms. The van der Waals surface area contributed by atoms with Gasteiger partial charge in [-0.05, 0) is 31.0 Å². The SMILES string of the molecule is CCCOc1cccc(C(=O)NC(CC)CN)c1. The normalized spacial score (nSPS) is 11.9. The summed E-state index contributed by atoms with van der Waals surface area (Å²) in [4.78, 5) is 12.0. The largest absolute Gasteiger partial charge is 0.494 e. The molecule has 0 aliphatic heterocycles. The van der Waals surface area contributed by atoms with Crippen molar-refractivity contribution in [2.45, 2.75) is 32.7 Å². The molecule has 0 aliphatic carbocycles. The van der Waals surface area contributed by atoms with Crippen LogP contribution in [0.2, 0.25) is 0 Å². The van der Waals surface area contributed by atoms with Crippen LogP contribution in [0.15, 0.2) is 24.3 Å². The molecule has 1 amide bonds. The van der Waals surface area contributed by atoms with Crippen LogP contribution in [0.4, 0.5) is 0 Å². The molecule has 1 unspecified atom stereocenters. The van der Waals surface area contributed by atoms with Crippen LogP contribution in [-0.4, -0.2) is 25.1 Å². The van der Waals surface area contributed by atoms with Gasteiger partial charge in [0.15, 0.2) is 0 Å². The van der Waals surface area contributed by atoms with E-state index in [1.165, 1.54) is 0 Å². The molecule has 1 aromatic carbocycles. The standard InChI is InChI=1S/C14H22N2O2/c1-3-8-18-13-7-5-6-11(9-13)14(17)16-12(4-2)10-15/h5-7,9,12H,3-4,8,10,15H2,1-2H3,(H,16,17). The lowest BCUT2D eigenvalue weighted by Gasteiger charge is -2.15. The van der Waals surface area contributed by atoms with E-state index < -0.39 is 0 Å². The highest BCUT2D eigenvalue weighted by atomic mass is 16.5. The summed E-state index contributed by atoms with van der Waals surface area (Å²) in [5.41, 5.74) is 6.17. The number of benzene rings is 1. The molecule has 0 saturated heterocycles. The van der Waals surface area contributed by atoms with E-state index in [0.717, 1.165) is 18.6 Å². The Kier molecular flexibility index (Phi) is 6.22. The van der Waals surface area contributed by atoms with Crippen molar-refractivity contribution in [3.05, 3.63) is 29.8 Å². The van der Waals surface area contributed by atoms with Crippen LogP contribution in [0.1, 0.15) is 37.0 Å². The molecular weight excluding hydrogens is 228 g/mol. The Bertz CT molecular complexity index is 376. The van der Waals surface area contributed by atoms with E-state index in [-0.39, 0.29) is 11.9 Å².